The Morgan fingerprint density at radius 3 is 2.83 bits per heavy atom. The minimum atomic E-state index is -0.104. The van der Waals surface area contributed by atoms with Crippen LogP contribution in [0.4, 0.5) is 0 Å². The van der Waals surface area contributed by atoms with E-state index in [1.54, 1.807) is 29.3 Å². The van der Waals surface area contributed by atoms with E-state index in [9.17, 15) is 9.59 Å². The number of rotatable bonds is 9. The number of hydrogen-bond donors (Lipinski definition) is 1. The lowest BCUT2D eigenvalue weighted by Gasteiger charge is -2.08. The summed E-state index contributed by atoms with van der Waals surface area (Å²) in [4.78, 5) is 27.6. The summed E-state index contributed by atoms with van der Waals surface area (Å²) in [6.45, 7) is 3.59. The first-order valence-corrected chi connectivity index (χ1v) is 8.46. The molecule has 24 heavy (non-hydrogen) atoms. The van der Waals surface area contributed by atoms with Gasteiger partial charge >= 0.3 is 4.87 Å². The molecule has 2 heterocycles. The van der Waals surface area contributed by atoms with Gasteiger partial charge in [-0.3, -0.25) is 9.59 Å². The lowest BCUT2D eigenvalue weighted by molar-refractivity contribution is -0.121. The molecule has 0 unspecified atom stereocenters. The highest BCUT2D eigenvalue weighted by molar-refractivity contribution is 7.07. The van der Waals surface area contributed by atoms with Crippen LogP contribution in [-0.2, 0) is 22.6 Å². The first kappa shape index (κ1) is 18.2. The van der Waals surface area contributed by atoms with Gasteiger partial charge in [-0.05, 0) is 12.5 Å². The first-order valence-electron chi connectivity index (χ1n) is 7.58. The molecule has 0 aliphatic carbocycles. The zero-order chi connectivity index (χ0) is 17.4. The molecule has 1 amide bonds. The molecule has 2 aromatic rings. The molecule has 2 aromatic heterocycles. The molecule has 1 N–H and O–H groups in total. The van der Waals surface area contributed by atoms with Gasteiger partial charge in [-0.2, -0.15) is 0 Å². The van der Waals surface area contributed by atoms with E-state index in [0.29, 0.717) is 32.2 Å². The van der Waals surface area contributed by atoms with E-state index in [2.05, 4.69) is 10.3 Å². The van der Waals surface area contributed by atoms with Crippen LogP contribution < -0.4 is 14.9 Å². The number of thiazole rings is 1. The average Bonchev–Trinajstić information content (AvgIpc) is 2.91. The van der Waals surface area contributed by atoms with Crippen LogP contribution in [-0.4, -0.2) is 35.8 Å². The lowest BCUT2D eigenvalue weighted by atomic mass is 10.2. The van der Waals surface area contributed by atoms with Crippen molar-refractivity contribution in [3.05, 3.63) is 44.6 Å². The molecule has 0 atom stereocenters. The molecule has 0 aliphatic rings. The molecule has 0 saturated heterocycles. The van der Waals surface area contributed by atoms with Gasteiger partial charge in [-0.15, -0.1) is 0 Å². The summed E-state index contributed by atoms with van der Waals surface area (Å²) in [7, 11) is 1.61. The molecule has 2 rings (SSSR count). The number of ether oxygens (including phenoxy) is 2. The molecular formula is C16H21N3O4S. The van der Waals surface area contributed by atoms with Gasteiger partial charge in [-0.25, -0.2) is 4.98 Å². The van der Waals surface area contributed by atoms with Crippen molar-refractivity contribution >= 4 is 17.2 Å². The van der Waals surface area contributed by atoms with E-state index < -0.39 is 0 Å². The van der Waals surface area contributed by atoms with Crippen molar-refractivity contribution < 1.29 is 14.3 Å². The summed E-state index contributed by atoms with van der Waals surface area (Å²) >= 11 is 1.15. The number of nitrogens with one attached hydrogen (secondary N) is 1. The molecule has 8 heteroatoms. The summed E-state index contributed by atoms with van der Waals surface area (Å²) in [5.74, 6) is 0.419. The Hall–Kier alpha value is -2.19. The highest BCUT2D eigenvalue weighted by atomic mass is 32.1. The maximum atomic E-state index is 11.9. The predicted molar refractivity (Wildman–Crippen MR) is 91.4 cm³/mol. The zero-order valence-corrected chi connectivity index (χ0v) is 14.6. The van der Waals surface area contributed by atoms with Gasteiger partial charge < -0.3 is 19.4 Å². The van der Waals surface area contributed by atoms with E-state index in [-0.39, 0.29) is 17.2 Å². The molecule has 0 saturated carbocycles. The fourth-order valence-corrected chi connectivity index (χ4v) is 2.77. The summed E-state index contributed by atoms with van der Waals surface area (Å²) in [5.41, 5.74) is 1.76. The molecule has 7 nitrogen and oxygen atoms in total. The van der Waals surface area contributed by atoms with Gasteiger partial charge in [0.05, 0.1) is 6.61 Å². The van der Waals surface area contributed by atoms with Gasteiger partial charge in [0, 0.05) is 50.0 Å². The topological polar surface area (TPSA) is 82.5 Å². The van der Waals surface area contributed by atoms with E-state index in [0.717, 1.165) is 22.6 Å². The number of amides is 1. The Kier molecular flexibility index (Phi) is 6.95. The first-order chi connectivity index (χ1) is 11.6. The zero-order valence-electron chi connectivity index (χ0n) is 13.8. The number of carbonyl (C=O) groups is 1. The van der Waals surface area contributed by atoms with Crippen molar-refractivity contribution in [3.8, 4) is 5.88 Å². The number of hydrogen-bond acceptors (Lipinski definition) is 6. The van der Waals surface area contributed by atoms with Crippen LogP contribution in [0.2, 0.25) is 0 Å². The maximum Gasteiger partial charge on any atom is 0.307 e. The van der Waals surface area contributed by atoms with Crippen molar-refractivity contribution in [2.24, 2.45) is 0 Å². The second-order valence-corrected chi connectivity index (χ2v) is 5.99. The number of methoxy groups -OCH3 is 1. The third-order valence-electron chi connectivity index (χ3n) is 3.36. The van der Waals surface area contributed by atoms with Crippen LogP contribution in [0.1, 0.15) is 17.7 Å². The Bertz CT molecular complexity index is 709. The van der Waals surface area contributed by atoms with Crippen LogP contribution in [0, 0.1) is 6.92 Å². The second-order valence-electron chi connectivity index (χ2n) is 5.17. The fourth-order valence-electron chi connectivity index (χ4n) is 2.01. The largest absolute Gasteiger partial charge is 0.475 e. The van der Waals surface area contributed by atoms with Gasteiger partial charge in [0.25, 0.3) is 0 Å². The van der Waals surface area contributed by atoms with Crippen molar-refractivity contribution in [2.75, 3.05) is 20.3 Å². The highest BCUT2D eigenvalue weighted by Gasteiger charge is 2.06. The molecule has 0 aromatic carbocycles. The normalized spacial score (nSPS) is 10.6. The smallest absolute Gasteiger partial charge is 0.307 e. The number of pyridine rings is 1. The number of carbonyl (C=O) groups excluding carboxylic acids is 1. The van der Waals surface area contributed by atoms with Crippen molar-refractivity contribution in [1.82, 2.24) is 14.9 Å². The molecule has 0 bridgehead atoms. The predicted octanol–water partition coefficient (Wildman–Crippen LogP) is 1.34. The molecular weight excluding hydrogens is 330 g/mol. The maximum absolute atomic E-state index is 11.9. The number of aromatic nitrogens is 2. The third kappa shape index (κ3) is 5.47. The summed E-state index contributed by atoms with van der Waals surface area (Å²) in [6, 6.07) is 3.61. The molecule has 130 valence electrons. The monoisotopic (exact) mass is 351 g/mol. The van der Waals surface area contributed by atoms with Crippen LogP contribution in [0.5, 0.6) is 5.88 Å². The average molecular weight is 351 g/mol. The SMILES string of the molecule is COCCOc1ccc(CNC(=O)CCn2c(C)csc2=O)cn1. The number of nitrogens with zero attached hydrogens (tertiary/aromatic N) is 2. The van der Waals surface area contributed by atoms with Crippen LogP contribution in [0.25, 0.3) is 0 Å². The number of aryl methyl sites for hydroxylation is 1. The second kappa shape index (κ2) is 9.19. The highest BCUT2D eigenvalue weighted by Crippen LogP contribution is 2.07. The Morgan fingerprint density at radius 2 is 2.21 bits per heavy atom. The van der Waals surface area contributed by atoms with E-state index in [1.165, 1.54) is 0 Å². The van der Waals surface area contributed by atoms with Crippen molar-refractivity contribution in [1.29, 1.82) is 0 Å². The quantitative estimate of drug-likeness (QED) is 0.690. The van der Waals surface area contributed by atoms with E-state index >= 15 is 0 Å². The summed E-state index contributed by atoms with van der Waals surface area (Å²) in [5, 5.41) is 4.61. The van der Waals surface area contributed by atoms with Gasteiger partial charge in [0.2, 0.25) is 11.8 Å². The Morgan fingerprint density at radius 1 is 1.38 bits per heavy atom. The van der Waals surface area contributed by atoms with Crippen LogP contribution in [0.3, 0.4) is 0 Å². The van der Waals surface area contributed by atoms with E-state index in [1.807, 2.05) is 13.0 Å². The van der Waals surface area contributed by atoms with Gasteiger partial charge in [-0.1, -0.05) is 17.4 Å². The van der Waals surface area contributed by atoms with Gasteiger partial charge in [0.15, 0.2) is 0 Å². The third-order valence-corrected chi connectivity index (χ3v) is 4.24. The van der Waals surface area contributed by atoms with Crippen LogP contribution >= 0.6 is 11.3 Å². The molecule has 0 aliphatic heterocycles. The minimum absolute atomic E-state index is 0.0337. The standard InChI is InChI=1S/C16H21N3O4S/c1-12-11-24-16(21)19(12)6-5-14(20)17-9-13-3-4-15(18-10-13)23-8-7-22-2/h3-4,10-11H,5-9H2,1-2H3,(H,17,20). The Labute approximate surface area is 144 Å². The fraction of sp³-hybridized carbons (Fsp3) is 0.438. The summed E-state index contributed by atoms with van der Waals surface area (Å²) < 4.78 is 11.9. The van der Waals surface area contributed by atoms with Gasteiger partial charge in [0.1, 0.15) is 6.61 Å². The van der Waals surface area contributed by atoms with E-state index in [4.69, 9.17) is 9.47 Å². The van der Waals surface area contributed by atoms with Crippen molar-refractivity contribution in [3.63, 3.8) is 0 Å². The molecule has 0 fully saturated rings. The summed E-state index contributed by atoms with van der Waals surface area (Å²) in [6.07, 6.45) is 1.93. The minimum Gasteiger partial charge on any atom is -0.475 e. The van der Waals surface area contributed by atoms with Crippen molar-refractivity contribution in [2.45, 2.75) is 26.4 Å². The lowest BCUT2D eigenvalue weighted by Crippen LogP contribution is -2.26. The Balaban J connectivity index is 1.74. The van der Waals surface area contributed by atoms with Crippen LogP contribution in [0.15, 0.2) is 28.5 Å². The molecule has 0 radical (unpaired) electrons. The molecule has 0 spiro atoms.